The molecule has 18 heavy (non-hydrogen) atoms. The van der Waals surface area contributed by atoms with E-state index in [-0.39, 0.29) is 0 Å². The number of carbonyl (C=O) groups excluding carboxylic acids is 1. The Kier molecular flexibility index (Phi) is 4.74. The molecule has 92 valence electrons. The Labute approximate surface area is 134 Å². The highest BCUT2D eigenvalue weighted by molar-refractivity contribution is 14.1. The van der Waals surface area contributed by atoms with Crippen LogP contribution in [0.25, 0.3) is 0 Å². The maximum absolute atomic E-state index is 12.0. The number of carbonyl (C=O) groups is 1. The summed E-state index contributed by atoms with van der Waals surface area (Å²) in [4.78, 5) is 16.0. The average Bonchev–Trinajstić information content (AvgIpc) is 2.35. The third-order valence-electron chi connectivity index (χ3n) is 2.08. The minimum absolute atomic E-state index is 0.401. The van der Waals surface area contributed by atoms with Crippen LogP contribution in [0.2, 0.25) is 0 Å². The minimum atomic E-state index is -0.408. The fourth-order valence-corrected chi connectivity index (χ4v) is 2.50. The van der Waals surface area contributed by atoms with Crippen molar-refractivity contribution < 1.29 is 9.53 Å². The number of halogens is 3. The lowest BCUT2D eigenvalue weighted by atomic mass is 10.2. The molecule has 0 unspecified atom stereocenters. The van der Waals surface area contributed by atoms with Crippen molar-refractivity contribution in [3.05, 3.63) is 54.7 Å². The lowest BCUT2D eigenvalue weighted by Crippen LogP contribution is -2.10. The third kappa shape index (κ3) is 3.30. The summed E-state index contributed by atoms with van der Waals surface area (Å²) >= 11 is 8.66. The van der Waals surface area contributed by atoms with Crippen molar-refractivity contribution in [3.63, 3.8) is 0 Å². The van der Waals surface area contributed by atoms with Crippen LogP contribution in [-0.4, -0.2) is 11.0 Å². The number of ether oxygens (including phenoxy) is 1. The molecule has 1 aromatic carbocycles. The number of rotatable bonds is 2. The molecule has 0 aliphatic heterocycles. The highest BCUT2D eigenvalue weighted by Crippen LogP contribution is 2.24. The molecule has 1 heterocycles. The molecule has 6 heteroatoms. The van der Waals surface area contributed by atoms with Crippen LogP contribution in [0.3, 0.4) is 0 Å². The molecule has 0 saturated heterocycles. The second kappa shape index (κ2) is 6.12. The Morgan fingerprint density at radius 1 is 1.28 bits per heavy atom. The van der Waals surface area contributed by atoms with Gasteiger partial charge in [0, 0.05) is 14.2 Å². The van der Waals surface area contributed by atoms with Gasteiger partial charge in [-0.2, -0.15) is 0 Å². The van der Waals surface area contributed by atoms with E-state index in [1.54, 1.807) is 24.4 Å². The van der Waals surface area contributed by atoms with Gasteiger partial charge in [0.25, 0.3) is 0 Å². The van der Waals surface area contributed by atoms with Crippen LogP contribution in [0.15, 0.2) is 45.6 Å². The molecular weight excluding hydrogens is 477 g/mol. The molecule has 0 saturated carbocycles. The van der Waals surface area contributed by atoms with Crippen LogP contribution >= 0.6 is 54.5 Å². The van der Waals surface area contributed by atoms with Crippen molar-refractivity contribution in [1.29, 1.82) is 0 Å². The Hall–Kier alpha value is -0.470. The van der Waals surface area contributed by atoms with Gasteiger partial charge in [0.1, 0.15) is 4.60 Å². The van der Waals surface area contributed by atoms with Crippen LogP contribution in [0.4, 0.5) is 0 Å². The van der Waals surface area contributed by atoms with Crippen LogP contribution in [-0.2, 0) is 0 Å². The summed E-state index contributed by atoms with van der Waals surface area (Å²) in [5.41, 5.74) is 0.515. The molecule has 0 spiro atoms. The molecule has 0 bridgehead atoms. The van der Waals surface area contributed by atoms with Gasteiger partial charge in [0.15, 0.2) is 5.75 Å². The second-order valence-electron chi connectivity index (χ2n) is 3.31. The van der Waals surface area contributed by atoms with Crippen molar-refractivity contribution >= 4 is 60.4 Å². The van der Waals surface area contributed by atoms with E-state index in [0.29, 0.717) is 15.9 Å². The molecule has 0 aliphatic rings. The topological polar surface area (TPSA) is 39.2 Å². The lowest BCUT2D eigenvalue weighted by molar-refractivity contribution is 0.0731. The van der Waals surface area contributed by atoms with E-state index in [0.717, 1.165) is 8.04 Å². The fourth-order valence-electron chi connectivity index (χ4n) is 1.26. The maximum Gasteiger partial charge on any atom is 0.344 e. The van der Waals surface area contributed by atoms with Crippen molar-refractivity contribution in [2.75, 3.05) is 0 Å². The van der Waals surface area contributed by atoms with Crippen LogP contribution < -0.4 is 4.74 Å². The summed E-state index contributed by atoms with van der Waals surface area (Å²) in [7, 11) is 0. The highest BCUT2D eigenvalue weighted by atomic mass is 127. The molecule has 0 atom stereocenters. The third-order valence-corrected chi connectivity index (χ3v) is 4.11. The molecule has 0 fully saturated rings. The van der Waals surface area contributed by atoms with E-state index < -0.39 is 5.97 Å². The van der Waals surface area contributed by atoms with E-state index in [2.05, 4.69) is 59.4 Å². The number of aromatic nitrogens is 1. The first-order chi connectivity index (χ1) is 8.58. The molecule has 0 N–H and O–H groups in total. The van der Waals surface area contributed by atoms with Gasteiger partial charge >= 0.3 is 5.97 Å². The number of pyridine rings is 1. The Morgan fingerprint density at radius 3 is 2.78 bits per heavy atom. The first-order valence-corrected chi connectivity index (χ1v) is 7.52. The van der Waals surface area contributed by atoms with Crippen LogP contribution in [0.1, 0.15) is 10.4 Å². The lowest BCUT2D eigenvalue weighted by Gasteiger charge is -2.07. The van der Waals surface area contributed by atoms with Crippen molar-refractivity contribution in [2.24, 2.45) is 0 Å². The Balaban J connectivity index is 2.28. The van der Waals surface area contributed by atoms with Crippen LogP contribution in [0.5, 0.6) is 5.75 Å². The summed E-state index contributed by atoms with van der Waals surface area (Å²) in [6.07, 6.45) is 1.62. The molecule has 2 aromatic rings. The number of hydrogen-bond acceptors (Lipinski definition) is 3. The molecule has 3 nitrogen and oxygen atoms in total. The SMILES string of the molecule is O=C(Oc1cccnc1Br)c1cc(Br)ccc1I. The van der Waals surface area contributed by atoms with Gasteiger partial charge in [-0.25, -0.2) is 9.78 Å². The first kappa shape index (κ1) is 14.0. The Morgan fingerprint density at radius 2 is 2.06 bits per heavy atom. The predicted molar refractivity (Wildman–Crippen MR) is 83.8 cm³/mol. The Bertz CT molecular complexity index is 604. The van der Waals surface area contributed by atoms with E-state index in [1.165, 1.54) is 0 Å². The standard InChI is InChI=1S/C12H6Br2INO2/c13-7-3-4-9(15)8(6-7)12(17)18-10-2-1-5-16-11(10)14/h1-6H. The largest absolute Gasteiger partial charge is 0.420 e. The molecular formula is C12H6Br2INO2. The molecule has 1 aromatic heterocycles. The number of esters is 1. The monoisotopic (exact) mass is 481 g/mol. The zero-order valence-corrected chi connectivity index (χ0v) is 14.2. The van der Waals surface area contributed by atoms with Gasteiger partial charge < -0.3 is 4.74 Å². The van der Waals surface area contributed by atoms with E-state index >= 15 is 0 Å². The quantitative estimate of drug-likeness (QED) is 0.361. The molecule has 0 amide bonds. The zero-order chi connectivity index (χ0) is 13.1. The normalized spacial score (nSPS) is 10.2. The van der Waals surface area contributed by atoms with Gasteiger partial charge in [0.05, 0.1) is 5.56 Å². The second-order valence-corrected chi connectivity index (χ2v) is 6.14. The van der Waals surface area contributed by atoms with Crippen LogP contribution in [0, 0.1) is 3.57 Å². The zero-order valence-electron chi connectivity index (χ0n) is 8.86. The first-order valence-electron chi connectivity index (χ1n) is 4.85. The molecule has 0 radical (unpaired) electrons. The van der Waals surface area contributed by atoms with Gasteiger partial charge in [-0.05, 0) is 68.9 Å². The van der Waals surface area contributed by atoms with Crippen molar-refractivity contribution in [3.8, 4) is 5.75 Å². The van der Waals surface area contributed by atoms with E-state index in [9.17, 15) is 4.79 Å². The fraction of sp³-hybridized carbons (Fsp3) is 0. The van der Waals surface area contributed by atoms with E-state index in [1.807, 2.05) is 12.1 Å². The minimum Gasteiger partial charge on any atom is -0.420 e. The number of nitrogens with zero attached hydrogens (tertiary/aromatic N) is 1. The number of benzene rings is 1. The van der Waals surface area contributed by atoms with Gasteiger partial charge in [-0.1, -0.05) is 15.9 Å². The molecule has 2 rings (SSSR count). The van der Waals surface area contributed by atoms with E-state index in [4.69, 9.17) is 4.74 Å². The summed E-state index contributed by atoms with van der Waals surface area (Å²) in [5.74, 6) is -0.00678. The number of hydrogen-bond donors (Lipinski definition) is 0. The van der Waals surface area contributed by atoms with Gasteiger partial charge in [-0.15, -0.1) is 0 Å². The summed E-state index contributed by atoms with van der Waals surface area (Å²) in [5, 5.41) is 0. The summed E-state index contributed by atoms with van der Waals surface area (Å²) in [6.45, 7) is 0. The van der Waals surface area contributed by atoms with Crippen molar-refractivity contribution in [1.82, 2.24) is 4.98 Å². The summed E-state index contributed by atoms with van der Waals surface area (Å²) < 4.78 is 7.46. The summed E-state index contributed by atoms with van der Waals surface area (Å²) in [6, 6.07) is 8.84. The van der Waals surface area contributed by atoms with Gasteiger partial charge in [0.2, 0.25) is 0 Å². The van der Waals surface area contributed by atoms with Crippen molar-refractivity contribution in [2.45, 2.75) is 0 Å². The molecule has 0 aliphatic carbocycles. The highest BCUT2D eigenvalue weighted by Gasteiger charge is 2.14. The average molecular weight is 483 g/mol. The maximum atomic E-state index is 12.0. The van der Waals surface area contributed by atoms with Gasteiger partial charge in [-0.3, -0.25) is 0 Å². The smallest absolute Gasteiger partial charge is 0.344 e. The predicted octanol–water partition coefficient (Wildman–Crippen LogP) is 4.43.